The summed E-state index contributed by atoms with van der Waals surface area (Å²) in [5, 5.41) is 1.68. The Morgan fingerprint density at radius 1 is 1.30 bits per heavy atom. The number of anilines is 2. The van der Waals surface area contributed by atoms with Crippen LogP contribution in [0.4, 0.5) is 11.4 Å². The van der Waals surface area contributed by atoms with Gasteiger partial charge in [-0.1, -0.05) is 19.1 Å². The van der Waals surface area contributed by atoms with E-state index >= 15 is 0 Å². The Hall–Kier alpha value is -1.67. The molecule has 0 saturated heterocycles. The molecule has 0 aliphatic rings. The molecule has 1 aromatic carbocycles. The second-order valence-corrected chi connectivity index (χ2v) is 6.54. The Labute approximate surface area is 123 Å². The molecule has 0 saturated carbocycles. The molecule has 4 N–H and O–H groups in total. The minimum atomic E-state index is -3.66. The van der Waals surface area contributed by atoms with Gasteiger partial charge >= 0.3 is 0 Å². The van der Waals surface area contributed by atoms with E-state index in [4.69, 9.17) is 18.0 Å². The summed E-state index contributed by atoms with van der Waals surface area (Å²) in [6, 6.07) is 6.30. The molecule has 1 unspecified atom stereocenters. The van der Waals surface area contributed by atoms with E-state index in [1.165, 1.54) is 6.92 Å². The Morgan fingerprint density at radius 2 is 1.80 bits per heavy atom. The standard InChI is InChI=1S/C12H17N3O3S2/c1-3-11(12(13)19)20(17,18)15-10-6-4-9(5-7-10)14-8(2)16/h4-7,11,15H,3H2,1-2H3,(H2,13,19)(H,14,16). The van der Waals surface area contributed by atoms with E-state index in [0.29, 0.717) is 17.8 Å². The number of nitrogens with one attached hydrogen (secondary N) is 2. The molecule has 8 heteroatoms. The van der Waals surface area contributed by atoms with E-state index in [-0.39, 0.29) is 10.9 Å². The first-order chi connectivity index (χ1) is 9.26. The second-order valence-electron chi connectivity index (χ2n) is 4.20. The quantitative estimate of drug-likeness (QED) is 0.690. The molecule has 6 nitrogen and oxygen atoms in total. The Balaban J connectivity index is 2.87. The molecule has 0 aliphatic carbocycles. The molecule has 1 aromatic rings. The number of rotatable bonds is 6. The van der Waals surface area contributed by atoms with Crippen molar-refractivity contribution < 1.29 is 13.2 Å². The molecule has 0 heterocycles. The summed E-state index contributed by atoms with van der Waals surface area (Å²) >= 11 is 4.76. The molecule has 0 aromatic heterocycles. The number of amides is 1. The predicted octanol–water partition coefficient (Wildman–Crippen LogP) is 1.45. The maximum absolute atomic E-state index is 12.1. The summed E-state index contributed by atoms with van der Waals surface area (Å²) in [5.41, 5.74) is 6.40. The SMILES string of the molecule is CCC(C(N)=S)S(=O)(=O)Nc1ccc(NC(C)=O)cc1. The summed E-state index contributed by atoms with van der Waals surface area (Å²) in [6.07, 6.45) is 0.300. The van der Waals surface area contributed by atoms with E-state index in [1.54, 1.807) is 31.2 Å². The van der Waals surface area contributed by atoms with Crippen LogP contribution in [0, 0.1) is 0 Å². The van der Waals surface area contributed by atoms with Crippen LogP contribution in [0.3, 0.4) is 0 Å². The van der Waals surface area contributed by atoms with Crippen molar-refractivity contribution in [3.8, 4) is 0 Å². The summed E-state index contributed by atoms with van der Waals surface area (Å²) in [5.74, 6) is -0.196. The molecule has 0 bridgehead atoms. The molecule has 0 fully saturated rings. The number of nitrogens with two attached hydrogens (primary N) is 1. The number of carbonyl (C=O) groups excluding carboxylic acids is 1. The van der Waals surface area contributed by atoms with Gasteiger partial charge in [-0.25, -0.2) is 8.42 Å². The zero-order valence-electron chi connectivity index (χ0n) is 11.2. The fourth-order valence-electron chi connectivity index (χ4n) is 1.63. The lowest BCUT2D eigenvalue weighted by Crippen LogP contribution is -2.37. The lowest BCUT2D eigenvalue weighted by Gasteiger charge is -2.16. The molecular formula is C12H17N3O3S2. The summed E-state index contributed by atoms with van der Waals surface area (Å²) in [4.78, 5) is 10.8. The Bertz CT molecular complexity index is 597. The van der Waals surface area contributed by atoms with Crippen molar-refractivity contribution in [2.75, 3.05) is 10.0 Å². The van der Waals surface area contributed by atoms with Crippen LogP contribution in [-0.4, -0.2) is 24.6 Å². The average molecular weight is 315 g/mol. The second kappa shape index (κ2) is 6.67. The summed E-state index contributed by atoms with van der Waals surface area (Å²) in [6.45, 7) is 3.09. The van der Waals surface area contributed by atoms with Crippen LogP contribution in [0.1, 0.15) is 20.3 Å². The third kappa shape index (κ3) is 4.46. The topological polar surface area (TPSA) is 101 Å². The Morgan fingerprint density at radius 3 is 2.20 bits per heavy atom. The van der Waals surface area contributed by atoms with Crippen LogP contribution in [0.25, 0.3) is 0 Å². The number of thiocarbonyl (C=S) groups is 1. The van der Waals surface area contributed by atoms with Gasteiger partial charge in [-0.3, -0.25) is 9.52 Å². The van der Waals surface area contributed by atoms with Crippen LogP contribution >= 0.6 is 12.2 Å². The van der Waals surface area contributed by atoms with Crippen molar-refractivity contribution in [2.24, 2.45) is 5.73 Å². The van der Waals surface area contributed by atoms with Gasteiger partial charge < -0.3 is 11.1 Å². The normalized spacial score (nSPS) is 12.5. The minimum Gasteiger partial charge on any atom is -0.392 e. The maximum Gasteiger partial charge on any atom is 0.242 e. The van der Waals surface area contributed by atoms with E-state index in [2.05, 4.69) is 10.0 Å². The third-order valence-corrected chi connectivity index (χ3v) is 4.82. The molecule has 1 rings (SSSR count). The maximum atomic E-state index is 12.1. The third-order valence-electron chi connectivity index (χ3n) is 2.53. The van der Waals surface area contributed by atoms with Crippen molar-refractivity contribution >= 4 is 44.5 Å². The molecule has 1 amide bonds. The van der Waals surface area contributed by atoms with E-state index in [1.807, 2.05) is 0 Å². The number of sulfonamides is 1. The first-order valence-electron chi connectivity index (χ1n) is 5.95. The van der Waals surface area contributed by atoms with Crippen LogP contribution < -0.4 is 15.8 Å². The number of hydrogen-bond acceptors (Lipinski definition) is 4. The lowest BCUT2D eigenvalue weighted by molar-refractivity contribution is -0.114. The van der Waals surface area contributed by atoms with E-state index in [0.717, 1.165) is 0 Å². The highest BCUT2D eigenvalue weighted by atomic mass is 32.2. The first-order valence-corrected chi connectivity index (χ1v) is 7.90. The van der Waals surface area contributed by atoms with Crippen molar-refractivity contribution in [3.05, 3.63) is 24.3 Å². The highest BCUT2D eigenvalue weighted by Gasteiger charge is 2.26. The van der Waals surface area contributed by atoms with E-state index in [9.17, 15) is 13.2 Å². The van der Waals surface area contributed by atoms with Gasteiger partial charge in [0, 0.05) is 18.3 Å². The Kier molecular flexibility index (Phi) is 5.46. The van der Waals surface area contributed by atoms with Crippen molar-refractivity contribution in [3.63, 3.8) is 0 Å². The van der Waals surface area contributed by atoms with Gasteiger partial charge in [0.15, 0.2) is 0 Å². The van der Waals surface area contributed by atoms with Gasteiger partial charge in [0.1, 0.15) is 5.25 Å². The molecule has 0 aliphatic heterocycles. The zero-order chi connectivity index (χ0) is 15.3. The minimum absolute atomic E-state index is 0.0603. The van der Waals surface area contributed by atoms with Gasteiger partial charge in [0.25, 0.3) is 0 Å². The smallest absolute Gasteiger partial charge is 0.242 e. The van der Waals surface area contributed by atoms with Crippen LogP contribution in [-0.2, 0) is 14.8 Å². The molecule has 0 radical (unpaired) electrons. The van der Waals surface area contributed by atoms with Gasteiger partial charge in [-0.15, -0.1) is 0 Å². The summed E-state index contributed by atoms with van der Waals surface area (Å²) < 4.78 is 26.6. The predicted molar refractivity (Wildman–Crippen MR) is 84.2 cm³/mol. The van der Waals surface area contributed by atoms with Crippen molar-refractivity contribution in [1.82, 2.24) is 0 Å². The molecule has 110 valence electrons. The fraction of sp³-hybridized carbons (Fsp3) is 0.333. The van der Waals surface area contributed by atoms with Crippen LogP contribution in [0.5, 0.6) is 0 Å². The van der Waals surface area contributed by atoms with Crippen molar-refractivity contribution in [1.29, 1.82) is 0 Å². The average Bonchev–Trinajstić information content (AvgIpc) is 2.30. The molecule has 1 atom stereocenters. The van der Waals surface area contributed by atoms with E-state index < -0.39 is 15.3 Å². The summed E-state index contributed by atoms with van der Waals surface area (Å²) in [7, 11) is -3.66. The van der Waals surface area contributed by atoms with Crippen molar-refractivity contribution in [2.45, 2.75) is 25.5 Å². The largest absolute Gasteiger partial charge is 0.392 e. The lowest BCUT2D eigenvalue weighted by atomic mass is 10.3. The number of hydrogen-bond donors (Lipinski definition) is 3. The van der Waals surface area contributed by atoms with Gasteiger partial charge in [-0.05, 0) is 30.7 Å². The van der Waals surface area contributed by atoms with Gasteiger partial charge in [0.2, 0.25) is 15.9 Å². The zero-order valence-corrected chi connectivity index (χ0v) is 12.8. The number of carbonyl (C=O) groups is 1. The van der Waals surface area contributed by atoms with Gasteiger partial charge in [-0.2, -0.15) is 0 Å². The van der Waals surface area contributed by atoms with Crippen LogP contribution in [0.15, 0.2) is 24.3 Å². The molecular weight excluding hydrogens is 298 g/mol. The first kappa shape index (κ1) is 16.4. The van der Waals surface area contributed by atoms with Crippen LogP contribution in [0.2, 0.25) is 0 Å². The van der Waals surface area contributed by atoms with Gasteiger partial charge in [0.05, 0.1) is 4.99 Å². The monoisotopic (exact) mass is 315 g/mol. The molecule has 0 spiro atoms. The highest BCUT2D eigenvalue weighted by molar-refractivity contribution is 7.95. The molecule has 20 heavy (non-hydrogen) atoms. The highest BCUT2D eigenvalue weighted by Crippen LogP contribution is 2.17. The number of benzene rings is 1. The fourth-order valence-corrected chi connectivity index (χ4v) is 3.53.